The van der Waals surface area contributed by atoms with Crippen LogP contribution in [0.3, 0.4) is 0 Å². The molecule has 1 amide bonds. The number of nitrogens with one attached hydrogen (secondary N) is 2. The van der Waals surface area contributed by atoms with Crippen LogP contribution in [-0.2, 0) is 11.3 Å². The van der Waals surface area contributed by atoms with Crippen molar-refractivity contribution in [3.63, 3.8) is 0 Å². The SMILES string of the molecule is COc1ccccc1Oc1ccc(CNC(=O)C2CCNC2)cc1. The summed E-state index contributed by atoms with van der Waals surface area (Å²) in [5.74, 6) is 2.32. The quantitative estimate of drug-likeness (QED) is 0.857. The minimum absolute atomic E-state index is 0.0955. The number of hydrogen-bond acceptors (Lipinski definition) is 4. The summed E-state index contributed by atoms with van der Waals surface area (Å²) in [5.41, 5.74) is 1.04. The Morgan fingerprint density at radius 3 is 2.58 bits per heavy atom. The maximum absolute atomic E-state index is 12.0. The van der Waals surface area contributed by atoms with Crippen molar-refractivity contribution in [1.82, 2.24) is 10.6 Å². The highest BCUT2D eigenvalue weighted by molar-refractivity contribution is 5.79. The van der Waals surface area contributed by atoms with Crippen molar-refractivity contribution >= 4 is 5.91 Å². The van der Waals surface area contributed by atoms with Crippen molar-refractivity contribution in [2.45, 2.75) is 13.0 Å². The Hall–Kier alpha value is -2.53. The molecule has 0 spiro atoms. The van der Waals surface area contributed by atoms with E-state index in [1.54, 1.807) is 7.11 Å². The average molecular weight is 326 g/mol. The molecule has 0 radical (unpaired) electrons. The van der Waals surface area contributed by atoms with E-state index in [1.807, 2.05) is 48.5 Å². The van der Waals surface area contributed by atoms with Crippen LogP contribution in [0, 0.1) is 5.92 Å². The number of ether oxygens (including phenoxy) is 2. The molecule has 3 rings (SSSR count). The van der Waals surface area contributed by atoms with Crippen LogP contribution in [0.4, 0.5) is 0 Å². The molecule has 126 valence electrons. The van der Waals surface area contributed by atoms with Crippen LogP contribution < -0.4 is 20.1 Å². The zero-order chi connectivity index (χ0) is 16.8. The zero-order valence-electron chi connectivity index (χ0n) is 13.7. The molecule has 2 aromatic carbocycles. The molecule has 1 aliphatic rings. The third-order valence-corrected chi connectivity index (χ3v) is 4.12. The van der Waals surface area contributed by atoms with Gasteiger partial charge in [0.25, 0.3) is 0 Å². The predicted molar refractivity (Wildman–Crippen MR) is 92.3 cm³/mol. The first-order valence-electron chi connectivity index (χ1n) is 8.14. The molecule has 2 N–H and O–H groups in total. The van der Waals surface area contributed by atoms with Gasteiger partial charge in [0.1, 0.15) is 5.75 Å². The Balaban J connectivity index is 1.56. The minimum Gasteiger partial charge on any atom is -0.493 e. The van der Waals surface area contributed by atoms with Gasteiger partial charge >= 0.3 is 0 Å². The lowest BCUT2D eigenvalue weighted by Crippen LogP contribution is -2.31. The standard InChI is InChI=1S/C19H22N2O3/c1-23-17-4-2-3-5-18(17)24-16-8-6-14(7-9-16)12-21-19(22)15-10-11-20-13-15/h2-9,15,20H,10-13H2,1H3,(H,21,22). The molecule has 5 heteroatoms. The van der Waals surface area contributed by atoms with Gasteiger partial charge in [0, 0.05) is 13.1 Å². The van der Waals surface area contributed by atoms with Crippen LogP contribution in [0.2, 0.25) is 0 Å². The first kappa shape index (κ1) is 16.3. The van der Waals surface area contributed by atoms with E-state index in [0.717, 1.165) is 30.8 Å². The number of rotatable bonds is 6. The van der Waals surface area contributed by atoms with Gasteiger partial charge in [-0.3, -0.25) is 4.79 Å². The van der Waals surface area contributed by atoms with Gasteiger partial charge in [0.2, 0.25) is 5.91 Å². The lowest BCUT2D eigenvalue weighted by molar-refractivity contribution is -0.124. The van der Waals surface area contributed by atoms with E-state index < -0.39 is 0 Å². The lowest BCUT2D eigenvalue weighted by atomic mass is 10.1. The first-order chi connectivity index (χ1) is 11.8. The number of amides is 1. The summed E-state index contributed by atoms with van der Waals surface area (Å²) in [7, 11) is 1.62. The summed E-state index contributed by atoms with van der Waals surface area (Å²) in [5, 5.41) is 6.19. The van der Waals surface area contributed by atoms with Gasteiger partial charge < -0.3 is 20.1 Å². The molecule has 24 heavy (non-hydrogen) atoms. The number of carbonyl (C=O) groups is 1. The Morgan fingerprint density at radius 2 is 1.92 bits per heavy atom. The molecule has 0 saturated carbocycles. The first-order valence-corrected chi connectivity index (χ1v) is 8.14. The second-order valence-electron chi connectivity index (χ2n) is 5.80. The fraction of sp³-hybridized carbons (Fsp3) is 0.316. The molecule has 2 aromatic rings. The predicted octanol–water partition coefficient (Wildman–Crippen LogP) is 2.71. The third kappa shape index (κ3) is 4.06. The van der Waals surface area contributed by atoms with E-state index in [9.17, 15) is 4.79 Å². The summed E-state index contributed by atoms with van der Waals surface area (Å²) in [6.07, 6.45) is 0.914. The number of methoxy groups -OCH3 is 1. The number of para-hydroxylation sites is 2. The van der Waals surface area contributed by atoms with Crippen LogP contribution in [0.5, 0.6) is 17.2 Å². The van der Waals surface area contributed by atoms with Crippen LogP contribution in [0.15, 0.2) is 48.5 Å². The van der Waals surface area contributed by atoms with Gasteiger partial charge in [-0.2, -0.15) is 0 Å². The summed E-state index contributed by atoms with van der Waals surface area (Å²) in [4.78, 5) is 12.0. The summed E-state index contributed by atoms with van der Waals surface area (Å²) >= 11 is 0. The molecular formula is C19H22N2O3. The van der Waals surface area contributed by atoms with Crippen molar-refractivity contribution in [2.75, 3.05) is 20.2 Å². The number of carbonyl (C=O) groups excluding carboxylic acids is 1. The molecule has 1 aliphatic heterocycles. The summed E-state index contributed by atoms with van der Waals surface area (Å²) in [6.45, 7) is 2.23. The molecule has 1 atom stereocenters. The fourth-order valence-electron chi connectivity index (χ4n) is 2.72. The van der Waals surface area contributed by atoms with Crippen molar-refractivity contribution in [2.24, 2.45) is 5.92 Å². The van der Waals surface area contributed by atoms with E-state index in [4.69, 9.17) is 9.47 Å². The van der Waals surface area contributed by atoms with Gasteiger partial charge in [-0.25, -0.2) is 0 Å². The van der Waals surface area contributed by atoms with Crippen LogP contribution in [0.25, 0.3) is 0 Å². The van der Waals surface area contributed by atoms with Crippen molar-refractivity contribution in [3.8, 4) is 17.2 Å². The van der Waals surface area contributed by atoms with Gasteiger partial charge in [-0.05, 0) is 42.8 Å². The largest absolute Gasteiger partial charge is 0.493 e. The van der Waals surface area contributed by atoms with Crippen LogP contribution >= 0.6 is 0 Å². The maximum atomic E-state index is 12.0. The van der Waals surface area contributed by atoms with Crippen molar-refractivity contribution < 1.29 is 14.3 Å². The van der Waals surface area contributed by atoms with Gasteiger partial charge in [0.15, 0.2) is 11.5 Å². The lowest BCUT2D eigenvalue weighted by Gasteiger charge is -2.12. The van der Waals surface area contributed by atoms with Crippen molar-refractivity contribution in [3.05, 3.63) is 54.1 Å². The van der Waals surface area contributed by atoms with E-state index in [-0.39, 0.29) is 11.8 Å². The zero-order valence-corrected chi connectivity index (χ0v) is 13.7. The highest BCUT2D eigenvalue weighted by Gasteiger charge is 2.21. The van der Waals surface area contributed by atoms with Gasteiger partial charge in [-0.15, -0.1) is 0 Å². The third-order valence-electron chi connectivity index (χ3n) is 4.12. The van der Waals surface area contributed by atoms with E-state index >= 15 is 0 Å². The Bertz CT molecular complexity index is 679. The minimum atomic E-state index is 0.0955. The molecule has 0 aromatic heterocycles. The highest BCUT2D eigenvalue weighted by Crippen LogP contribution is 2.30. The molecule has 1 saturated heterocycles. The molecule has 0 aliphatic carbocycles. The fourth-order valence-corrected chi connectivity index (χ4v) is 2.72. The summed E-state index contributed by atoms with van der Waals surface area (Å²) in [6, 6.07) is 15.2. The van der Waals surface area contributed by atoms with Crippen molar-refractivity contribution in [1.29, 1.82) is 0 Å². The van der Waals surface area contributed by atoms with E-state index in [2.05, 4.69) is 10.6 Å². The monoisotopic (exact) mass is 326 g/mol. The normalized spacial score (nSPS) is 16.6. The molecule has 5 nitrogen and oxygen atoms in total. The molecular weight excluding hydrogens is 304 g/mol. The molecule has 1 heterocycles. The molecule has 1 unspecified atom stereocenters. The summed E-state index contributed by atoms with van der Waals surface area (Å²) < 4.78 is 11.1. The second-order valence-corrected chi connectivity index (χ2v) is 5.80. The molecule has 0 bridgehead atoms. The van der Waals surface area contributed by atoms with Crippen LogP contribution in [0.1, 0.15) is 12.0 Å². The number of benzene rings is 2. The van der Waals surface area contributed by atoms with Gasteiger partial charge in [-0.1, -0.05) is 24.3 Å². The topological polar surface area (TPSA) is 59.6 Å². The molecule has 1 fully saturated rings. The average Bonchev–Trinajstić information content (AvgIpc) is 3.16. The Kier molecular flexibility index (Phi) is 5.33. The Morgan fingerprint density at radius 1 is 1.17 bits per heavy atom. The van der Waals surface area contributed by atoms with Gasteiger partial charge in [0.05, 0.1) is 13.0 Å². The van der Waals surface area contributed by atoms with Crippen LogP contribution in [-0.4, -0.2) is 26.1 Å². The Labute approximate surface area is 142 Å². The van der Waals surface area contributed by atoms with E-state index in [1.165, 1.54) is 0 Å². The highest BCUT2D eigenvalue weighted by atomic mass is 16.5. The number of hydrogen-bond donors (Lipinski definition) is 2. The second kappa shape index (κ2) is 7.84. The maximum Gasteiger partial charge on any atom is 0.224 e. The smallest absolute Gasteiger partial charge is 0.224 e. The van der Waals surface area contributed by atoms with E-state index in [0.29, 0.717) is 18.0 Å².